The van der Waals surface area contributed by atoms with Crippen LogP contribution in [0.2, 0.25) is 0 Å². The smallest absolute Gasteiger partial charge is 0.123 e. The summed E-state index contributed by atoms with van der Waals surface area (Å²) in [7, 11) is 1.68. The topological polar surface area (TPSA) is 57.1 Å². The van der Waals surface area contributed by atoms with Crippen molar-refractivity contribution in [2.75, 3.05) is 20.2 Å². The molecule has 3 aromatic carbocycles. The van der Waals surface area contributed by atoms with Crippen LogP contribution < -0.4 is 10.6 Å². The van der Waals surface area contributed by atoms with Crippen molar-refractivity contribution in [3.8, 4) is 6.07 Å². The second-order valence-corrected chi connectivity index (χ2v) is 7.54. The highest BCUT2D eigenvalue weighted by atomic mass is 16.5. The van der Waals surface area contributed by atoms with Gasteiger partial charge in [-0.15, -0.1) is 0 Å². The molecule has 0 saturated carbocycles. The van der Waals surface area contributed by atoms with Crippen LogP contribution in [0.3, 0.4) is 0 Å². The van der Waals surface area contributed by atoms with Gasteiger partial charge in [-0.1, -0.05) is 66.7 Å². The Hall–Kier alpha value is -2.71. The first kappa shape index (κ1) is 19.6. The van der Waals surface area contributed by atoms with Crippen LogP contribution in [0.15, 0.2) is 66.7 Å². The summed E-state index contributed by atoms with van der Waals surface area (Å²) in [5, 5.41) is 19.1. The molecule has 1 fully saturated rings. The lowest BCUT2D eigenvalue weighted by atomic mass is 9.86. The van der Waals surface area contributed by atoms with Crippen molar-refractivity contribution in [2.24, 2.45) is 0 Å². The van der Waals surface area contributed by atoms with Gasteiger partial charge in [0.05, 0.1) is 12.5 Å². The predicted molar refractivity (Wildman–Crippen MR) is 117 cm³/mol. The summed E-state index contributed by atoms with van der Waals surface area (Å²) < 4.78 is 5.76. The molecule has 0 aromatic heterocycles. The molecule has 148 valence electrons. The summed E-state index contributed by atoms with van der Waals surface area (Å²) >= 11 is 0. The summed E-state index contributed by atoms with van der Waals surface area (Å²) in [5.41, 5.74) is 3.29. The van der Waals surface area contributed by atoms with E-state index in [0.717, 1.165) is 25.9 Å². The number of nitrogens with zero attached hydrogens (tertiary/aromatic N) is 1. The van der Waals surface area contributed by atoms with Crippen molar-refractivity contribution >= 4 is 10.8 Å². The first-order valence-corrected chi connectivity index (χ1v) is 10.2. The molecule has 4 rings (SSSR count). The minimum atomic E-state index is -0.528. The zero-order valence-corrected chi connectivity index (χ0v) is 16.8. The zero-order chi connectivity index (χ0) is 20.1. The number of nitrogens with one attached hydrogen (secondary N) is 2. The van der Waals surface area contributed by atoms with E-state index in [4.69, 9.17) is 4.74 Å². The fourth-order valence-corrected chi connectivity index (χ4v) is 4.57. The summed E-state index contributed by atoms with van der Waals surface area (Å²) in [6, 6.07) is 25.9. The monoisotopic (exact) mass is 385 g/mol. The molecule has 1 aliphatic rings. The molecule has 4 nitrogen and oxygen atoms in total. The van der Waals surface area contributed by atoms with Gasteiger partial charge in [0.1, 0.15) is 11.8 Å². The molecule has 0 radical (unpaired) electrons. The van der Waals surface area contributed by atoms with Crippen molar-refractivity contribution in [3.05, 3.63) is 83.4 Å². The molecule has 3 aromatic rings. The lowest BCUT2D eigenvalue weighted by molar-refractivity contribution is 0.0147. The Morgan fingerprint density at radius 2 is 1.59 bits per heavy atom. The van der Waals surface area contributed by atoms with Crippen molar-refractivity contribution in [3.63, 3.8) is 0 Å². The second-order valence-electron chi connectivity index (χ2n) is 7.54. The molecule has 0 aliphatic carbocycles. The fourth-order valence-electron chi connectivity index (χ4n) is 4.57. The van der Waals surface area contributed by atoms with Gasteiger partial charge in [0.25, 0.3) is 0 Å². The average Bonchev–Trinajstić information content (AvgIpc) is 3.27. The Balaban J connectivity index is 1.67. The molecule has 4 heteroatoms. The minimum Gasteiger partial charge on any atom is -0.377 e. The molecule has 1 heterocycles. The first-order valence-electron chi connectivity index (χ1n) is 10.2. The maximum absolute atomic E-state index is 9.33. The first-order chi connectivity index (χ1) is 14.3. The SMILES string of the molecule is COC(CC#N)C1(c2ccccc2CCc2cccc3ccccc23)NCCN1. The Bertz CT molecular complexity index is 1010. The van der Waals surface area contributed by atoms with Gasteiger partial charge in [0, 0.05) is 20.2 Å². The number of rotatable bonds is 7. The summed E-state index contributed by atoms with van der Waals surface area (Å²) in [6.45, 7) is 1.70. The quantitative estimate of drug-likeness (QED) is 0.648. The Morgan fingerprint density at radius 3 is 2.38 bits per heavy atom. The van der Waals surface area contributed by atoms with E-state index in [1.807, 2.05) is 0 Å². The third-order valence-electron chi connectivity index (χ3n) is 5.96. The normalized spacial score (nSPS) is 16.6. The van der Waals surface area contributed by atoms with Crippen LogP contribution in [-0.4, -0.2) is 26.3 Å². The van der Waals surface area contributed by atoms with Gasteiger partial charge >= 0.3 is 0 Å². The number of aryl methyl sites for hydroxylation is 2. The van der Waals surface area contributed by atoms with Gasteiger partial charge in [-0.2, -0.15) is 5.26 Å². The maximum atomic E-state index is 9.33. The number of hydrogen-bond acceptors (Lipinski definition) is 4. The van der Waals surface area contributed by atoms with Gasteiger partial charge in [-0.05, 0) is 40.3 Å². The Labute approximate surface area is 172 Å². The number of hydrogen-bond donors (Lipinski definition) is 2. The summed E-state index contributed by atoms with van der Waals surface area (Å²) in [5.74, 6) is 0. The van der Waals surface area contributed by atoms with Gasteiger partial charge in [0.2, 0.25) is 0 Å². The summed E-state index contributed by atoms with van der Waals surface area (Å²) in [4.78, 5) is 0. The highest BCUT2D eigenvalue weighted by molar-refractivity contribution is 5.85. The number of benzene rings is 3. The lowest BCUT2D eigenvalue weighted by Crippen LogP contribution is -2.56. The second kappa shape index (κ2) is 8.75. The van der Waals surface area contributed by atoms with Crippen molar-refractivity contribution in [2.45, 2.75) is 31.0 Å². The number of nitriles is 1. The molecule has 2 N–H and O–H groups in total. The number of methoxy groups -OCH3 is 1. The largest absolute Gasteiger partial charge is 0.377 e. The van der Waals surface area contributed by atoms with Gasteiger partial charge < -0.3 is 4.74 Å². The van der Waals surface area contributed by atoms with Crippen LogP contribution in [0, 0.1) is 11.3 Å². The maximum Gasteiger partial charge on any atom is 0.123 e. The van der Waals surface area contributed by atoms with Gasteiger partial charge in [-0.25, -0.2) is 0 Å². The molecule has 1 aliphatic heterocycles. The Morgan fingerprint density at radius 1 is 0.931 bits per heavy atom. The highest BCUT2D eigenvalue weighted by Crippen LogP contribution is 2.32. The molecular formula is C25H27N3O. The van der Waals surface area contributed by atoms with E-state index >= 15 is 0 Å². The third-order valence-corrected chi connectivity index (χ3v) is 5.96. The fraction of sp³-hybridized carbons (Fsp3) is 0.320. The molecule has 0 amide bonds. The zero-order valence-electron chi connectivity index (χ0n) is 16.8. The van der Waals surface area contributed by atoms with Crippen LogP contribution >= 0.6 is 0 Å². The van der Waals surface area contributed by atoms with Crippen LogP contribution in [0.4, 0.5) is 0 Å². The Kier molecular flexibility index (Phi) is 5.92. The van der Waals surface area contributed by atoms with Gasteiger partial charge in [-0.3, -0.25) is 10.6 Å². The highest BCUT2D eigenvalue weighted by Gasteiger charge is 2.44. The number of ether oxygens (including phenoxy) is 1. The molecule has 1 unspecified atom stereocenters. The van der Waals surface area contributed by atoms with Crippen LogP contribution in [0.5, 0.6) is 0 Å². The van der Waals surface area contributed by atoms with Crippen molar-refractivity contribution in [1.82, 2.24) is 10.6 Å². The molecule has 1 saturated heterocycles. The van der Waals surface area contributed by atoms with Crippen LogP contribution in [-0.2, 0) is 23.2 Å². The van der Waals surface area contributed by atoms with E-state index in [9.17, 15) is 5.26 Å². The van der Waals surface area contributed by atoms with E-state index in [1.165, 1.54) is 27.5 Å². The third kappa shape index (κ3) is 3.77. The van der Waals surface area contributed by atoms with E-state index in [-0.39, 0.29) is 6.10 Å². The van der Waals surface area contributed by atoms with Crippen LogP contribution in [0.1, 0.15) is 23.1 Å². The van der Waals surface area contributed by atoms with Crippen molar-refractivity contribution < 1.29 is 4.74 Å². The average molecular weight is 386 g/mol. The molecule has 1 atom stereocenters. The number of fused-ring (bicyclic) bond motifs is 1. The van der Waals surface area contributed by atoms with Gasteiger partial charge in [0.15, 0.2) is 0 Å². The van der Waals surface area contributed by atoms with E-state index in [0.29, 0.717) is 6.42 Å². The standard InChI is InChI=1S/C25H27N3O/c1-29-24(15-16-26)25(27-17-18-28-25)23-12-5-3-8-21(23)14-13-20-10-6-9-19-7-2-4-11-22(19)20/h2-12,24,27-28H,13-15,17-18H2,1H3. The predicted octanol–water partition coefficient (Wildman–Crippen LogP) is 3.90. The van der Waals surface area contributed by atoms with Crippen molar-refractivity contribution in [1.29, 1.82) is 5.26 Å². The molecule has 0 bridgehead atoms. The van der Waals surface area contributed by atoms with E-state index < -0.39 is 5.66 Å². The molecule has 0 spiro atoms. The molecular weight excluding hydrogens is 358 g/mol. The molecule has 29 heavy (non-hydrogen) atoms. The van der Waals surface area contributed by atoms with E-state index in [1.54, 1.807) is 7.11 Å². The summed E-state index contributed by atoms with van der Waals surface area (Å²) in [6.07, 6.45) is 1.96. The van der Waals surface area contributed by atoms with E-state index in [2.05, 4.69) is 83.4 Å². The lowest BCUT2D eigenvalue weighted by Gasteiger charge is -2.38. The van der Waals surface area contributed by atoms with Crippen LogP contribution in [0.25, 0.3) is 10.8 Å². The minimum absolute atomic E-state index is 0.256.